The van der Waals surface area contributed by atoms with Gasteiger partial charge in [-0.25, -0.2) is 8.78 Å². The summed E-state index contributed by atoms with van der Waals surface area (Å²) in [4.78, 5) is 52.9. The number of hydrogen-bond acceptors (Lipinski definition) is 7. The number of rotatable bonds is 23. The topological polar surface area (TPSA) is 135 Å². The van der Waals surface area contributed by atoms with Gasteiger partial charge >= 0.3 is 0 Å². The lowest BCUT2D eigenvalue weighted by Gasteiger charge is -2.34. The number of amides is 4. The van der Waals surface area contributed by atoms with Gasteiger partial charge in [0.15, 0.2) is 0 Å². The first-order valence-electron chi connectivity index (χ1n) is 16.0. The third-order valence-electron chi connectivity index (χ3n) is 7.17. The standard InChI is InChI=1S/C32H60F2N4O7/c1-20(2)12-13-35-29(40)24(9)38(10)31(42)28(45-19-44-15-14-43-11)32(33,34)18-25(16-21(3)4)36-30(41)27(23(7)8)37-26(39)17-22(5)6/h20-25,27-28H,12-19H2,1-11H3,(H,35,40)(H,36,41)(H,37,39)/t24?,25?,27-,28?/m0/s1. The first-order valence-corrected chi connectivity index (χ1v) is 16.0. The molecule has 0 radical (unpaired) electrons. The minimum atomic E-state index is -3.77. The van der Waals surface area contributed by atoms with Crippen LogP contribution in [0, 0.1) is 23.7 Å². The largest absolute Gasteiger partial charge is 0.382 e. The molecular weight excluding hydrogens is 590 g/mol. The molecule has 3 N–H and O–H groups in total. The van der Waals surface area contributed by atoms with Crippen LogP contribution in [0.3, 0.4) is 0 Å². The highest BCUT2D eigenvalue weighted by molar-refractivity contribution is 5.90. The Balaban J connectivity index is 6.05. The van der Waals surface area contributed by atoms with Crippen molar-refractivity contribution in [1.82, 2.24) is 20.9 Å². The SMILES string of the molecule is COCCOCOC(C(=O)N(C)C(C)C(=O)NCCC(C)C)C(F)(F)CC(CC(C)C)NC(=O)[C@@H](NC(=O)CC(C)C)C(C)C. The van der Waals surface area contributed by atoms with Crippen LogP contribution >= 0.6 is 0 Å². The fourth-order valence-corrected chi connectivity index (χ4v) is 4.50. The normalized spacial score (nSPS) is 14.8. The van der Waals surface area contributed by atoms with Crippen LogP contribution in [0.15, 0.2) is 0 Å². The number of methoxy groups -OCH3 is 1. The molecule has 0 saturated heterocycles. The van der Waals surface area contributed by atoms with Crippen molar-refractivity contribution in [1.29, 1.82) is 0 Å². The van der Waals surface area contributed by atoms with Crippen molar-refractivity contribution >= 4 is 23.6 Å². The summed E-state index contributed by atoms with van der Waals surface area (Å²) in [7, 11) is 2.73. The number of carbonyl (C=O) groups is 4. The molecule has 0 aliphatic carbocycles. The summed E-state index contributed by atoms with van der Waals surface area (Å²) < 4.78 is 47.7. The average Bonchev–Trinajstić information content (AvgIpc) is 2.90. The Morgan fingerprint density at radius 3 is 1.98 bits per heavy atom. The summed E-state index contributed by atoms with van der Waals surface area (Å²) in [6, 6.07) is -3.02. The Labute approximate surface area is 269 Å². The molecule has 4 amide bonds. The van der Waals surface area contributed by atoms with Crippen LogP contribution in [0.4, 0.5) is 8.78 Å². The molecule has 0 heterocycles. The Morgan fingerprint density at radius 1 is 0.844 bits per heavy atom. The van der Waals surface area contributed by atoms with Crippen molar-refractivity contribution in [2.24, 2.45) is 23.7 Å². The highest BCUT2D eigenvalue weighted by Gasteiger charge is 2.49. The van der Waals surface area contributed by atoms with E-state index in [2.05, 4.69) is 16.0 Å². The average molecular weight is 651 g/mol. The predicted octanol–water partition coefficient (Wildman–Crippen LogP) is 3.74. The molecule has 4 atom stereocenters. The number of ether oxygens (including phenoxy) is 3. The Kier molecular flexibility index (Phi) is 20.3. The zero-order valence-electron chi connectivity index (χ0n) is 29.3. The van der Waals surface area contributed by atoms with E-state index in [0.29, 0.717) is 12.5 Å². The van der Waals surface area contributed by atoms with E-state index in [-0.39, 0.29) is 49.7 Å². The van der Waals surface area contributed by atoms with Crippen LogP contribution in [0.1, 0.15) is 88.0 Å². The lowest BCUT2D eigenvalue weighted by molar-refractivity contribution is -0.201. The molecule has 0 aromatic carbocycles. The first kappa shape index (κ1) is 42.6. The number of likely N-dealkylation sites (N-methyl/N-ethyl adjacent to an activating group) is 1. The van der Waals surface area contributed by atoms with Gasteiger partial charge in [0, 0.05) is 39.6 Å². The van der Waals surface area contributed by atoms with E-state index in [0.717, 1.165) is 11.3 Å². The monoisotopic (exact) mass is 650 g/mol. The second-order valence-corrected chi connectivity index (χ2v) is 13.4. The van der Waals surface area contributed by atoms with Gasteiger partial charge in [0.25, 0.3) is 11.8 Å². The van der Waals surface area contributed by atoms with Gasteiger partial charge in [0.1, 0.15) is 18.9 Å². The molecule has 0 rings (SSSR count). The summed E-state index contributed by atoms with van der Waals surface area (Å²) >= 11 is 0. The maximum absolute atomic E-state index is 16.1. The summed E-state index contributed by atoms with van der Waals surface area (Å²) in [6.07, 6.45) is -2.09. The number of alkyl halides is 2. The van der Waals surface area contributed by atoms with Crippen LogP contribution in [0.25, 0.3) is 0 Å². The maximum atomic E-state index is 16.1. The third-order valence-corrected chi connectivity index (χ3v) is 7.17. The van der Waals surface area contributed by atoms with Crippen molar-refractivity contribution in [2.75, 3.05) is 40.7 Å². The highest BCUT2D eigenvalue weighted by Crippen LogP contribution is 2.31. The van der Waals surface area contributed by atoms with Gasteiger partial charge in [-0.2, -0.15) is 0 Å². The van der Waals surface area contributed by atoms with Crippen molar-refractivity contribution in [3.05, 3.63) is 0 Å². The predicted molar refractivity (Wildman–Crippen MR) is 169 cm³/mol. The van der Waals surface area contributed by atoms with Crippen LogP contribution in [0.2, 0.25) is 0 Å². The molecule has 0 aromatic heterocycles. The Hall–Kier alpha value is -2.38. The smallest absolute Gasteiger partial charge is 0.284 e. The molecular formula is C32H60F2N4O7. The van der Waals surface area contributed by atoms with Crippen molar-refractivity contribution < 1.29 is 42.2 Å². The molecule has 3 unspecified atom stereocenters. The summed E-state index contributed by atoms with van der Waals surface area (Å²) in [5.41, 5.74) is 0. The molecule has 264 valence electrons. The second-order valence-electron chi connectivity index (χ2n) is 13.4. The molecule has 13 heteroatoms. The van der Waals surface area contributed by atoms with E-state index in [1.165, 1.54) is 21.1 Å². The molecule has 0 bridgehead atoms. The fraction of sp³-hybridized carbons (Fsp3) is 0.875. The zero-order valence-corrected chi connectivity index (χ0v) is 29.3. The summed E-state index contributed by atoms with van der Waals surface area (Å²) in [5, 5.41) is 8.16. The number of carbonyl (C=O) groups excluding carboxylic acids is 4. The summed E-state index contributed by atoms with van der Waals surface area (Å²) in [6.45, 7) is 16.4. The lowest BCUT2D eigenvalue weighted by atomic mass is 9.94. The van der Waals surface area contributed by atoms with Gasteiger partial charge in [0.05, 0.1) is 13.2 Å². The minimum absolute atomic E-state index is 0.0542. The first-order chi connectivity index (χ1) is 20.8. The zero-order chi connectivity index (χ0) is 34.9. The molecule has 11 nitrogen and oxygen atoms in total. The highest BCUT2D eigenvalue weighted by atomic mass is 19.3. The van der Waals surface area contributed by atoms with Gasteiger partial charge in [-0.1, -0.05) is 55.4 Å². The maximum Gasteiger partial charge on any atom is 0.284 e. The Morgan fingerprint density at radius 2 is 1.47 bits per heavy atom. The Bertz CT molecular complexity index is 903. The van der Waals surface area contributed by atoms with Crippen LogP contribution in [0.5, 0.6) is 0 Å². The number of halogens is 2. The van der Waals surface area contributed by atoms with Gasteiger partial charge in [0.2, 0.25) is 23.8 Å². The van der Waals surface area contributed by atoms with Crippen LogP contribution < -0.4 is 16.0 Å². The molecule has 0 aromatic rings. The van der Waals surface area contributed by atoms with Crippen molar-refractivity contribution in [2.45, 2.75) is 118 Å². The van der Waals surface area contributed by atoms with Gasteiger partial charge < -0.3 is 35.1 Å². The fourth-order valence-electron chi connectivity index (χ4n) is 4.50. The number of hydrogen-bond donors (Lipinski definition) is 3. The third kappa shape index (κ3) is 17.2. The van der Waals surface area contributed by atoms with E-state index >= 15 is 8.78 Å². The molecule has 0 aliphatic heterocycles. The van der Waals surface area contributed by atoms with E-state index < -0.39 is 61.1 Å². The lowest BCUT2D eigenvalue weighted by Crippen LogP contribution is -2.57. The van der Waals surface area contributed by atoms with E-state index in [1.807, 2.05) is 41.5 Å². The molecule has 0 spiro atoms. The minimum Gasteiger partial charge on any atom is -0.382 e. The van der Waals surface area contributed by atoms with Gasteiger partial charge in [-0.15, -0.1) is 0 Å². The number of nitrogens with zero attached hydrogens (tertiary/aromatic N) is 1. The van der Waals surface area contributed by atoms with Crippen molar-refractivity contribution in [3.63, 3.8) is 0 Å². The molecule has 45 heavy (non-hydrogen) atoms. The van der Waals surface area contributed by atoms with Crippen LogP contribution in [-0.2, 0) is 33.4 Å². The molecule has 0 aliphatic rings. The second kappa shape index (κ2) is 21.4. The van der Waals surface area contributed by atoms with Crippen LogP contribution in [-0.4, -0.2) is 99.4 Å². The van der Waals surface area contributed by atoms with Gasteiger partial charge in [-0.3, -0.25) is 19.2 Å². The van der Waals surface area contributed by atoms with Gasteiger partial charge in [-0.05, 0) is 43.4 Å². The van der Waals surface area contributed by atoms with E-state index in [4.69, 9.17) is 14.2 Å². The van der Waals surface area contributed by atoms with Crippen molar-refractivity contribution in [3.8, 4) is 0 Å². The quantitative estimate of drug-likeness (QED) is 0.113. The van der Waals surface area contributed by atoms with E-state index in [9.17, 15) is 19.2 Å². The summed E-state index contributed by atoms with van der Waals surface area (Å²) in [5.74, 6) is -6.19. The molecule has 0 saturated carbocycles. The van der Waals surface area contributed by atoms with E-state index in [1.54, 1.807) is 13.8 Å². The number of nitrogens with one attached hydrogen (secondary N) is 3. The molecule has 0 fully saturated rings.